The Balaban J connectivity index is 2.05. The molecule has 0 amide bonds. The maximum Gasteiger partial charge on any atom is 0.0902 e. The van der Waals surface area contributed by atoms with E-state index in [-0.39, 0.29) is 6.04 Å². The highest BCUT2D eigenvalue weighted by molar-refractivity contribution is 9.10. The second kappa shape index (κ2) is 5.89. The Kier molecular flexibility index (Phi) is 4.48. The van der Waals surface area contributed by atoms with E-state index in [0.29, 0.717) is 4.99 Å². The fraction of sp³-hybridized carbons (Fsp3) is 0.500. The second-order valence-electron chi connectivity index (χ2n) is 4.35. The summed E-state index contributed by atoms with van der Waals surface area (Å²) in [5.74, 6) is 0. The molecular formula is C12H16BrN3S. The quantitative estimate of drug-likeness (QED) is 0.871. The largest absolute Gasteiger partial charge is 0.392 e. The van der Waals surface area contributed by atoms with Gasteiger partial charge in [-0.25, -0.2) is 0 Å². The molecule has 1 aliphatic heterocycles. The summed E-state index contributed by atoms with van der Waals surface area (Å²) in [5, 5.41) is 0. The van der Waals surface area contributed by atoms with E-state index in [0.717, 1.165) is 29.7 Å². The molecule has 1 unspecified atom stereocenters. The third kappa shape index (κ3) is 3.47. The summed E-state index contributed by atoms with van der Waals surface area (Å²) >= 11 is 8.53. The van der Waals surface area contributed by atoms with E-state index in [1.54, 1.807) is 0 Å². The minimum atomic E-state index is 0.240. The average molecular weight is 314 g/mol. The molecule has 2 N–H and O–H groups in total. The number of pyridine rings is 1. The number of hydrogen-bond donors (Lipinski definition) is 1. The van der Waals surface area contributed by atoms with Gasteiger partial charge in [0.1, 0.15) is 0 Å². The van der Waals surface area contributed by atoms with Crippen LogP contribution in [0.5, 0.6) is 0 Å². The fourth-order valence-electron chi connectivity index (χ4n) is 2.21. The Morgan fingerprint density at radius 1 is 1.53 bits per heavy atom. The number of piperidine rings is 1. The van der Waals surface area contributed by atoms with Gasteiger partial charge in [-0.1, -0.05) is 18.6 Å². The topological polar surface area (TPSA) is 42.1 Å². The molecule has 1 aromatic rings. The van der Waals surface area contributed by atoms with Crippen molar-refractivity contribution in [2.45, 2.75) is 31.8 Å². The summed E-state index contributed by atoms with van der Waals surface area (Å²) in [5.41, 5.74) is 6.86. The van der Waals surface area contributed by atoms with Crippen LogP contribution < -0.4 is 5.73 Å². The number of aromatic nitrogens is 1. The van der Waals surface area contributed by atoms with Gasteiger partial charge in [-0.05, 0) is 47.4 Å². The molecule has 2 rings (SSSR count). The molecule has 0 bridgehead atoms. The SMILES string of the molecule is NC(=S)C1CCCCN1Cc1ccc(Br)cn1. The van der Waals surface area contributed by atoms with Crippen molar-refractivity contribution < 1.29 is 0 Å². The second-order valence-corrected chi connectivity index (χ2v) is 5.74. The third-order valence-corrected chi connectivity index (χ3v) is 3.84. The zero-order valence-electron chi connectivity index (χ0n) is 9.60. The van der Waals surface area contributed by atoms with Gasteiger partial charge in [-0.15, -0.1) is 0 Å². The first-order chi connectivity index (χ1) is 8.16. The van der Waals surface area contributed by atoms with E-state index >= 15 is 0 Å². The number of hydrogen-bond acceptors (Lipinski definition) is 3. The highest BCUT2D eigenvalue weighted by Crippen LogP contribution is 2.19. The summed E-state index contributed by atoms with van der Waals surface area (Å²) in [6.07, 6.45) is 5.34. The predicted molar refractivity (Wildman–Crippen MR) is 76.8 cm³/mol. The molecule has 1 aromatic heterocycles. The lowest BCUT2D eigenvalue weighted by Gasteiger charge is -2.34. The highest BCUT2D eigenvalue weighted by atomic mass is 79.9. The Morgan fingerprint density at radius 3 is 3.00 bits per heavy atom. The number of halogens is 1. The van der Waals surface area contributed by atoms with Gasteiger partial charge >= 0.3 is 0 Å². The molecule has 0 aliphatic carbocycles. The first-order valence-corrected chi connectivity index (χ1v) is 7.01. The molecule has 0 saturated carbocycles. The van der Waals surface area contributed by atoms with Crippen LogP contribution in [0.3, 0.4) is 0 Å². The minimum absolute atomic E-state index is 0.240. The smallest absolute Gasteiger partial charge is 0.0902 e. The van der Waals surface area contributed by atoms with Crippen LogP contribution in [-0.2, 0) is 6.54 Å². The third-order valence-electron chi connectivity index (χ3n) is 3.10. The van der Waals surface area contributed by atoms with Crippen molar-refractivity contribution in [1.82, 2.24) is 9.88 Å². The molecule has 2 heterocycles. The summed E-state index contributed by atoms with van der Waals surface area (Å²) in [7, 11) is 0. The van der Waals surface area contributed by atoms with Gasteiger partial charge in [0.2, 0.25) is 0 Å². The van der Waals surface area contributed by atoms with Crippen LogP contribution in [0.15, 0.2) is 22.8 Å². The Hall–Kier alpha value is -0.520. The lowest BCUT2D eigenvalue weighted by atomic mass is 10.0. The van der Waals surface area contributed by atoms with Gasteiger partial charge in [0.05, 0.1) is 16.7 Å². The first-order valence-electron chi connectivity index (χ1n) is 5.80. The summed E-state index contributed by atoms with van der Waals surface area (Å²) < 4.78 is 1.01. The molecule has 3 nitrogen and oxygen atoms in total. The van der Waals surface area contributed by atoms with E-state index in [4.69, 9.17) is 18.0 Å². The molecule has 1 aliphatic rings. The number of thiocarbonyl (C=S) groups is 1. The number of rotatable bonds is 3. The van der Waals surface area contributed by atoms with Gasteiger partial charge in [0.25, 0.3) is 0 Å². The van der Waals surface area contributed by atoms with Crippen LogP contribution in [0, 0.1) is 0 Å². The zero-order valence-corrected chi connectivity index (χ0v) is 12.0. The predicted octanol–water partition coefficient (Wildman–Crippen LogP) is 2.48. The number of nitrogens with zero attached hydrogens (tertiary/aromatic N) is 2. The summed E-state index contributed by atoms with van der Waals surface area (Å²) in [4.78, 5) is 7.34. The van der Waals surface area contributed by atoms with Crippen molar-refractivity contribution in [3.63, 3.8) is 0 Å². The zero-order chi connectivity index (χ0) is 12.3. The lowest BCUT2D eigenvalue weighted by molar-refractivity contribution is 0.182. The van der Waals surface area contributed by atoms with E-state index in [1.165, 1.54) is 12.8 Å². The molecule has 0 radical (unpaired) electrons. The van der Waals surface area contributed by atoms with Crippen LogP contribution in [0.1, 0.15) is 25.0 Å². The molecule has 92 valence electrons. The Bertz CT molecular complexity index is 393. The van der Waals surface area contributed by atoms with E-state index in [2.05, 4.69) is 25.8 Å². The lowest BCUT2D eigenvalue weighted by Crippen LogP contribution is -2.46. The van der Waals surface area contributed by atoms with E-state index < -0.39 is 0 Å². The molecule has 1 atom stereocenters. The van der Waals surface area contributed by atoms with Crippen molar-refractivity contribution in [2.75, 3.05) is 6.54 Å². The van der Waals surface area contributed by atoms with Crippen LogP contribution in [0.4, 0.5) is 0 Å². The van der Waals surface area contributed by atoms with Crippen LogP contribution in [0.2, 0.25) is 0 Å². The molecule has 1 fully saturated rings. The van der Waals surface area contributed by atoms with Crippen molar-refractivity contribution in [3.8, 4) is 0 Å². The highest BCUT2D eigenvalue weighted by Gasteiger charge is 2.24. The Labute approximate surface area is 116 Å². The van der Waals surface area contributed by atoms with E-state index in [9.17, 15) is 0 Å². The summed E-state index contributed by atoms with van der Waals surface area (Å²) in [6, 6.07) is 4.29. The standard InChI is InChI=1S/C12H16BrN3S/c13-9-4-5-10(15-7-9)8-16-6-2-1-3-11(16)12(14)17/h4-5,7,11H,1-3,6,8H2,(H2,14,17). The maximum absolute atomic E-state index is 5.80. The van der Waals surface area contributed by atoms with Crippen molar-refractivity contribution in [1.29, 1.82) is 0 Å². The average Bonchev–Trinajstić information content (AvgIpc) is 2.32. The maximum atomic E-state index is 5.80. The normalized spacial score (nSPS) is 21.4. The Morgan fingerprint density at radius 2 is 2.35 bits per heavy atom. The van der Waals surface area contributed by atoms with Gasteiger partial charge < -0.3 is 5.73 Å². The van der Waals surface area contributed by atoms with Crippen LogP contribution in [0.25, 0.3) is 0 Å². The molecule has 0 spiro atoms. The van der Waals surface area contributed by atoms with Crippen molar-refractivity contribution in [2.24, 2.45) is 5.73 Å². The molecule has 17 heavy (non-hydrogen) atoms. The summed E-state index contributed by atoms with van der Waals surface area (Å²) in [6.45, 7) is 1.88. The number of nitrogens with two attached hydrogens (primary N) is 1. The van der Waals surface area contributed by atoms with Crippen LogP contribution >= 0.6 is 28.1 Å². The van der Waals surface area contributed by atoms with E-state index in [1.807, 2.05) is 18.3 Å². The van der Waals surface area contributed by atoms with Crippen LogP contribution in [-0.4, -0.2) is 27.5 Å². The molecular weight excluding hydrogens is 298 g/mol. The van der Waals surface area contributed by atoms with Gasteiger partial charge in [-0.2, -0.15) is 0 Å². The monoisotopic (exact) mass is 313 g/mol. The fourth-order valence-corrected chi connectivity index (χ4v) is 2.71. The van der Waals surface area contributed by atoms with Crippen molar-refractivity contribution >= 4 is 33.1 Å². The number of likely N-dealkylation sites (tertiary alicyclic amines) is 1. The van der Waals surface area contributed by atoms with Crippen molar-refractivity contribution in [3.05, 3.63) is 28.5 Å². The molecule has 1 saturated heterocycles. The first kappa shape index (κ1) is 12.9. The molecule has 5 heteroatoms. The molecule has 0 aromatic carbocycles. The van der Waals surface area contributed by atoms with Gasteiger partial charge in [-0.3, -0.25) is 9.88 Å². The van der Waals surface area contributed by atoms with Gasteiger partial charge in [0.15, 0.2) is 0 Å². The van der Waals surface area contributed by atoms with Gasteiger partial charge in [0, 0.05) is 17.2 Å². The minimum Gasteiger partial charge on any atom is -0.392 e.